The van der Waals surface area contributed by atoms with Gasteiger partial charge in [-0.2, -0.15) is 5.10 Å². The number of hydrogen-bond acceptors (Lipinski definition) is 3. The Kier molecular flexibility index (Phi) is 6.16. The van der Waals surface area contributed by atoms with E-state index < -0.39 is 0 Å². The summed E-state index contributed by atoms with van der Waals surface area (Å²) in [7, 11) is 1.73. The van der Waals surface area contributed by atoms with Crippen molar-refractivity contribution in [3.63, 3.8) is 0 Å². The highest BCUT2D eigenvalue weighted by Gasteiger charge is 2.13. The monoisotopic (exact) mass is 303 g/mol. The first-order valence-electron chi connectivity index (χ1n) is 6.11. The molecule has 1 aromatic rings. The van der Waals surface area contributed by atoms with Crippen LogP contribution in [0.5, 0.6) is 0 Å². The second-order valence-corrected chi connectivity index (χ2v) is 4.85. The maximum atomic E-state index is 5.20. The first kappa shape index (κ1) is 14.7. The summed E-state index contributed by atoms with van der Waals surface area (Å²) >= 11 is 3.63. The zero-order valence-electron chi connectivity index (χ0n) is 11.1. The van der Waals surface area contributed by atoms with Gasteiger partial charge in [0.2, 0.25) is 0 Å². The molecule has 0 fully saturated rings. The molecule has 1 atom stereocenters. The molecular formula is C12H22BrN3O. The summed E-state index contributed by atoms with van der Waals surface area (Å²) in [6.45, 7) is 8.85. The van der Waals surface area contributed by atoms with Crippen molar-refractivity contribution in [3.8, 4) is 0 Å². The van der Waals surface area contributed by atoms with Gasteiger partial charge < -0.3 is 10.1 Å². The number of methoxy groups -OCH3 is 1. The summed E-state index contributed by atoms with van der Waals surface area (Å²) in [6.07, 6.45) is 1.19. The number of ether oxygens (including phenoxy) is 1. The van der Waals surface area contributed by atoms with Crippen LogP contribution in [0, 0.1) is 0 Å². The lowest BCUT2D eigenvalue weighted by molar-refractivity contribution is 0.117. The summed E-state index contributed by atoms with van der Waals surface area (Å²) in [5.41, 5.74) is 2.34. The minimum atomic E-state index is 0.234. The third-order valence-corrected chi connectivity index (χ3v) is 3.74. The Morgan fingerprint density at radius 3 is 2.71 bits per heavy atom. The number of rotatable bonds is 7. The van der Waals surface area contributed by atoms with Crippen LogP contribution < -0.4 is 5.32 Å². The summed E-state index contributed by atoms with van der Waals surface area (Å²) in [6, 6.07) is 0. The van der Waals surface area contributed by atoms with Gasteiger partial charge in [-0.1, -0.05) is 6.92 Å². The van der Waals surface area contributed by atoms with E-state index in [2.05, 4.69) is 47.1 Å². The van der Waals surface area contributed by atoms with E-state index in [-0.39, 0.29) is 6.10 Å². The second-order valence-electron chi connectivity index (χ2n) is 4.05. The molecule has 1 unspecified atom stereocenters. The van der Waals surface area contributed by atoms with Gasteiger partial charge in [-0.05, 0) is 36.2 Å². The Hall–Kier alpha value is -0.390. The summed E-state index contributed by atoms with van der Waals surface area (Å²) in [5, 5.41) is 7.95. The van der Waals surface area contributed by atoms with Crippen LogP contribution in [0.25, 0.3) is 0 Å². The number of aromatic nitrogens is 2. The van der Waals surface area contributed by atoms with Crippen molar-refractivity contribution in [2.24, 2.45) is 0 Å². The molecule has 0 spiro atoms. The quantitative estimate of drug-likeness (QED) is 0.840. The highest BCUT2D eigenvalue weighted by Crippen LogP contribution is 2.22. The molecule has 0 aromatic carbocycles. The van der Waals surface area contributed by atoms with Gasteiger partial charge in [0.15, 0.2) is 0 Å². The fraction of sp³-hybridized carbons (Fsp3) is 0.750. The van der Waals surface area contributed by atoms with Crippen LogP contribution in [0.3, 0.4) is 0 Å². The van der Waals surface area contributed by atoms with Gasteiger partial charge in [0.1, 0.15) is 0 Å². The minimum absolute atomic E-state index is 0.234. The Balaban J connectivity index is 2.66. The third kappa shape index (κ3) is 3.79. The van der Waals surface area contributed by atoms with E-state index in [1.165, 1.54) is 5.69 Å². The van der Waals surface area contributed by atoms with Gasteiger partial charge in [0, 0.05) is 26.7 Å². The lowest BCUT2D eigenvalue weighted by Crippen LogP contribution is -2.26. The molecule has 0 aliphatic rings. The molecule has 0 radical (unpaired) electrons. The fourth-order valence-electron chi connectivity index (χ4n) is 1.66. The van der Waals surface area contributed by atoms with E-state index in [9.17, 15) is 0 Å². The normalized spacial score (nSPS) is 13.0. The van der Waals surface area contributed by atoms with Crippen LogP contribution >= 0.6 is 15.9 Å². The number of halogens is 1. The van der Waals surface area contributed by atoms with Gasteiger partial charge in [-0.25, -0.2) is 0 Å². The number of aryl methyl sites for hydroxylation is 2. The van der Waals surface area contributed by atoms with E-state index >= 15 is 0 Å². The predicted molar refractivity (Wildman–Crippen MR) is 73.2 cm³/mol. The van der Waals surface area contributed by atoms with Crippen molar-refractivity contribution in [2.75, 3.05) is 13.7 Å². The molecule has 0 saturated carbocycles. The molecule has 4 nitrogen and oxygen atoms in total. The summed E-state index contributed by atoms with van der Waals surface area (Å²) in [4.78, 5) is 0. The number of nitrogens with zero attached hydrogens (tertiary/aromatic N) is 2. The van der Waals surface area contributed by atoms with Gasteiger partial charge in [-0.15, -0.1) is 0 Å². The van der Waals surface area contributed by atoms with Crippen molar-refractivity contribution >= 4 is 15.9 Å². The predicted octanol–water partition coefficient (Wildman–Crippen LogP) is 2.35. The Morgan fingerprint density at radius 2 is 2.18 bits per heavy atom. The maximum absolute atomic E-state index is 5.20. The molecule has 98 valence electrons. The smallest absolute Gasteiger partial charge is 0.0767 e. The minimum Gasteiger partial charge on any atom is -0.380 e. The topological polar surface area (TPSA) is 39.1 Å². The summed E-state index contributed by atoms with van der Waals surface area (Å²) in [5.74, 6) is 0. The maximum Gasteiger partial charge on any atom is 0.0767 e. The molecule has 5 heteroatoms. The van der Waals surface area contributed by atoms with Crippen LogP contribution in [0.1, 0.15) is 32.2 Å². The van der Waals surface area contributed by atoms with E-state index in [0.29, 0.717) is 0 Å². The van der Waals surface area contributed by atoms with Crippen molar-refractivity contribution < 1.29 is 4.74 Å². The van der Waals surface area contributed by atoms with Crippen LogP contribution in [-0.4, -0.2) is 29.5 Å². The number of nitrogens with one attached hydrogen (secondary N) is 1. The van der Waals surface area contributed by atoms with Crippen LogP contribution in [0.4, 0.5) is 0 Å². The van der Waals surface area contributed by atoms with Crippen molar-refractivity contribution in [3.05, 3.63) is 15.9 Å². The van der Waals surface area contributed by atoms with Gasteiger partial charge in [-0.3, -0.25) is 4.68 Å². The average Bonchev–Trinajstić information content (AvgIpc) is 2.65. The standard InChI is InChI=1S/C12H22BrN3O/c1-5-10-12(13)11(16(6-2)15-10)8-14-7-9(3)17-4/h9,14H,5-8H2,1-4H3. The summed E-state index contributed by atoms with van der Waals surface area (Å²) < 4.78 is 8.39. The molecule has 0 amide bonds. The Bertz CT molecular complexity index is 352. The number of hydrogen-bond donors (Lipinski definition) is 1. The lowest BCUT2D eigenvalue weighted by Gasteiger charge is -2.11. The zero-order chi connectivity index (χ0) is 12.8. The van der Waals surface area contributed by atoms with Crippen LogP contribution in [0.15, 0.2) is 4.47 Å². The molecule has 1 aromatic heterocycles. The lowest BCUT2D eigenvalue weighted by atomic mass is 10.3. The SMILES string of the molecule is CCc1nn(CC)c(CNCC(C)OC)c1Br. The second kappa shape index (κ2) is 7.13. The zero-order valence-corrected chi connectivity index (χ0v) is 12.7. The van der Waals surface area contributed by atoms with Crippen molar-refractivity contribution in [2.45, 2.75) is 46.4 Å². The van der Waals surface area contributed by atoms with E-state index in [1.54, 1.807) is 7.11 Å². The Labute approximate surface area is 112 Å². The highest BCUT2D eigenvalue weighted by atomic mass is 79.9. The largest absolute Gasteiger partial charge is 0.380 e. The molecule has 1 rings (SSSR count). The van der Waals surface area contributed by atoms with Crippen LogP contribution in [0.2, 0.25) is 0 Å². The average molecular weight is 304 g/mol. The van der Waals surface area contributed by atoms with Gasteiger partial charge >= 0.3 is 0 Å². The van der Waals surface area contributed by atoms with E-state index in [4.69, 9.17) is 4.74 Å². The van der Waals surface area contributed by atoms with E-state index in [1.807, 2.05) is 4.68 Å². The first-order chi connectivity index (χ1) is 8.13. The molecule has 1 heterocycles. The molecule has 0 aliphatic heterocycles. The Morgan fingerprint density at radius 1 is 1.47 bits per heavy atom. The molecule has 17 heavy (non-hydrogen) atoms. The highest BCUT2D eigenvalue weighted by molar-refractivity contribution is 9.10. The van der Waals surface area contributed by atoms with Gasteiger partial charge in [0.05, 0.1) is 22.0 Å². The molecule has 0 saturated heterocycles. The van der Waals surface area contributed by atoms with Crippen molar-refractivity contribution in [1.29, 1.82) is 0 Å². The molecule has 0 aliphatic carbocycles. The van der Waals surface area contributed by atoms with Crippen molar-refractivity contribution in [1.82, 2.24) is 15.1 Å². The van der Waals surface area contributed by atoms with Gasteiger partial charge in [0.25, 0.3) is 0 Å². The fourth-order valence-corrected chi connectivity index (χ4v) is 2.37. The molecule has 1 N–H and O–H groups in total. The van der Waals surface area contributed by atoms with Crippen LogP contribution in [-0.2, 0) is 24.2 Å². The van der Waals surface area contributed by atoms with E-state index in [0.717, 1.165) is 36.2 Å². The first-order valence-corrected chi connectivity index (χ1v) is 6.90. The molecule has 0 bridgehead atoms. The third-order valence-electron chi connectivity index (χ3n) is 2.82. The molecular weight excluding hydrogens is 282 g/mol.